The molecule has 15 heavy (non-hydrogen) atoms. The molecular weight excluding hydrogens is 203 g/mol. The molecule has 0 aliphatic carbocycles. The van der Waals surface area contributed by atoms with E-state index in [1.807, 2.05) is 0 Å². The van der Waals surface area contributed by atoms with Crippen LogP contribution in [-0.2, 0) is 6.67 Å². The van der Waals surface area contributed by atoms with Crippen molar-refractivity contribution in [2.75, 3.05) is 18.5 Å². The number of hydrogen-bond donors (Lipinski definition) is 2. The number of nitrogens with one attached hydrogen (secondary N) is 1. The molecule has 0 atom stereocenters. The van der Waals surface area contributed by atoms with Crippen LogP contribution in [0.4, 0.5) is 15.8 Å². The second-order valence-corrected chi connectivity index (χ2v) is 2.88. The highest BCUT2D eigenvalue weighted by atomic mass is 19.1. The van der Waals surface area contributed by atoms with Crippen molar-refractivity contribution in [3.05, 3.63) is 33.9 Å². The van der Waals surface area contributed by atoms with Gasteiger partial charge in [0.05, 0.1) is 11.5 Å². The van der Waals surface area contributed by atoms with Crippen molar-refractivity contribution in [3.8, 4) is 0 Å². The van der Waals surface area contributed by atoms with E-state index >= 15 is 0 Å². The highest BCUT2D eigenvalue weighted by Gasteiger charge is 2.09. The van der Waals surface area contributed by atoms with Gasteiger partial charge in [-0.25, -0.2) is 4.39 Å². The third-order valence-electron chi connectivity index (χ3n) is 1.87. The van der Waals surface area contributed by atoms with Gasteiger partial charge in [0.1, 0.15) is 6.67 Å². The number of nitro groups is 1. The number of aliphatic hydroxyl groups excluding tert-OH is 1. The van der Waals surface area contributed by atoms with E-state index in [-0.39, 0.29) is 24.4 Å². The number of nitrogens with zero attached hydrogens (tertiary/aromatic N) is 1. The number of non-ortho nitro benzene ring substituents is 1. The van der Waals surface area contributed by atoms with Gasteiger partial charge in [0.25, 0.3) is 5.69 Å². The summed E-state index contributed by atoms with van der Waals surface area (Å²) in [6.45, 7) is -0.580. The second-order valence-electron chi connectivity index (χ2n) is 2.88. The van der Waals surface area contributed by atoms with Crippen LogP contribution in [0.1, 0.15) is 5.56 Å². The molecule has 0 fully saturated rings. The number of nitro benzene ring substituents is 1. The molecule has 1 aromatic rings. The van der Waals surface area contributed by atoms with Gasteiger partial charge in [0, 0.05) is 29.9 Å². The average molecular weight is 214 g/mol. The van der Waals surface area contributed by atoms with Crippen molar-refractivity contribution in [3.63, 3.8) is 0 Å². The van der Waals surface area contributed by atoms with E-state index in [2.05, 4.69) is 5.32 Å². The highest BCUT2D eigenvalue weighted by molar-refractivity contribution is 5.55. The molecular formula is C9H11FN2O3. The van der Waals surface area contributed by atoms with Gasteiger partial charge in [-0.3, -0.25) is 10.1 Å². The summed E-state index contributed by atoms with van der Waals surface area (Å²) in [5.74, 6) is 0. The maximum Gasteiger partial charge on any atom is 0.269 e. The number of aliphatic hydroxyl groups is 1. The molecule has 0 saturated heterocycles. The average Bonchev–Trinajstić information content (AvgIpc) is 2.25. The molecule has 0 aliphatic rings. The highest BCUT2D eigenvalue weighted by Crippen LogP contribution is 2.22. The zero-order valence-corrected chi connectivity index (χ0v) is 7.94. The predicted molar refractivity (Wildman–Crippen MR) is 53.5 cm³/mol. The first kappa shape index (κ1) is 11.4. The van der Waals surface area contributed by atoms with E-state index in [1.165, 1.54) is 18.2 Å². The van der Waals surface area contributed by atoms with Crippen LogP contribution in [0, 0.1) is 10.1 Å². The summed E-state index contributed by atoms with van der Waals surface area (Å²) >= 11 is 0. The summed E-state index contributed by atoms with van der Waals surface area (Å²) in [6.07, 6.45) is 0. The topological polar surface area (TPSA) is 75.4 Å². The third-order valence-corrected chi connectivity index (χ3v) is 1.87. The second kappa shape index (κ2) is 5.26. The molecule has 0 unspecified atom stereocenters. The Morgan fingerprint density at radius 2 is 2.27 bits per heavy atom. The van der Waals surface area contributed by atoms with Crippen LogP contribution in [0.2, 0.25) is 0 Å². The summed E-state index contributed by atoms with van der Waals surface area (Å²) in [5.41, 5.74) is 0.548. The quantitative estimate of drug-likeness (QED) is 0.574. The Kier molecular flexibility index (Phi) is 3.99. The Morgan fingerprint density at radius 1 is 1.53 bits per heavy atom. The fraction of sp³-hybridized carbons (Fsp3) is 0.333. The van der Waals surface area contributed by atoms with Gasteiger partial charge < -0.3 is 10.4 Å². The molecule has 0 bridgehead atoms. The van der Waals surface area contributed by atoms with Crippen LogP contribution in [-0.4, -0.2) is 23.2 Å². The first-order valence-corrected chi connectivity index (χ1v) is 4.37. The third kappa shape index (κ3) is 2.88. The van der Waals surface area contributed by atoms with Crippen LogP contribution < -0.4 is 5.32 Å². The molecule has 0 saturated carbocycles. The standard InChI is InChI=1S/C9H11FN2O3/c10-6-7-5-8(12(14)15)1-2-9(7)11-3-4-13/h1-2,5,11,13H,3-4,6H2. The van der Waals surface area contributed by atoms with Gasteiger partial charge in [-0.1, -0.05) is 0 Å². The monoisotopic (exact) mass is 214 g/mol. The fourth-order valence-corrected chi connectivity index (χ4v) is 1.17. The van der Waals surface area contributed by atoms with Crippen molar-refractivity contribution in [1.29, 1.82) is 0 Å². The van der Waals surface area contributed by atoms with Crippen LogP contribution >= 0.6 is 0 Å². The molecule has 6 heteroatoms. The number of alkyl halides is 1. The van der Waals surface area contributed by atoms with E-state index in [4.69, 9.17) is 5.11 Å². The predicted octanol–water partition coefficient (Wildman–Crippen LogP) is 1.47. The molecule has 0 heterocycles. The molecule has 0 aromatic heterocycles. The van der Waals surface area contributed by atoms with Crippen molar-refractivity contribution in [2.24, 2.45) is 0 Å². The minimum Gasteiger partial charge on any atom is -0.395 e. The lowest BCUT2D eigenvalue weighted by atomic mass is 10.1. The van der Waals surface area contributed by atoms with Gasteiger partial charge in [-0.15, -0.1) is 0 Å². The lowest BCUT2D eigenvalue weighted by molar-refractivity contribution is -0.384. The van der Waals surface area contributed by atoms with Crippen LogP contribution in [0.3, 0.4) is 0 Å². The van der Waals surface area contributed by atoms with Gasteiger partial charge in [-0.05, 0) is 6.07 Å². The largest absolute Gasteiger partial charge is 0.395 e. The maximum atomic E-state index is 12.5. The van der Waals surface area contributed by atoms with Gasteiger partial charge in [-0.2, -0.15) is 0 Å². The molecule has 0 aliphatic heterocycles. The van der Waals surface area contributed by atoms with Crippen LogP contribution in [0.25, 0.3) is 0 Å². The summed E-state index contributed by atoms with van der Waals surface area (Å²) < 4.78 is 12.5. The molecule has 1 aromatic carbocycles. The Bertz CT molecular complexity index is 357. The first-order valence-electron chi connectivity index (χ1n) is 4.37. The van der Waals surface area contributed by atoms with E-state index in [1.54, 1.807) is 0 Å². The Morgan fingerprint density at radius 3 is 2.80 bits per heavy atom. The first-order chi connectivity index (χ1) is 7.19. The molecule has 0 spiro atoms. The minimum atomic E-state index is -0.782. The van der Waals surface area contributed by atoms with Crippen molar-refractivity contribution >= 4 is 11.4 Å². The number of hydrogen-bond acceptors (Lipinski definition) is 4. The van der Waals surface area contributed by atoms with Crippen LogP contribution in [0.5, 0.6) is 0 Å². The molecule has 1 rings (SSSR count). The van der Waals surface area contributed by atoms with E-state index < -0.39 is 11.6 Å². The normalized spacial score (nSPS) is 10.0. The smallest absolute Gasteiger partial charge is 0.269 e. The molecule has 0 radical (unpaired) electrons. The molecule has 0 amide bonds. The maximum absolute atomic E-state index is 12.5. The fourth-order valence-electron chi connectivity index (χ4n) is 1.17. The number of rotatable bonds is 5. The van der Waals surface area contributed by atoms with Gasteiger partial charge in [0.15, 0.2) is 0 Å². The van der Waals surface area contributed by atoms with Crippen molar-refractivity contribution < 1.29 is 14.4 Å². The van der Waals surface area contributed by atoms with Crippen molar-refractivity contribution in [1.82, 2.24) is 0 Å². The van der Waals surface area contributed by atoms with Gasteiger partial charge >= 0.3 is 0 Å². The summed E-state index contributed by atoms with van der Waals surface area (Å²) in [5, 5.41) is 21.8. The lowest BCUT2D eigenvalue weighted by Gasteiger charge is -2.08. The zero-order valence-electron chi connectivity index (χ0n) is 7.94. The number of benzene rings is 1. The molecule has 2 N–H and O–H groups in total. The van der Waals surface area contributed by atoms with E-state index in [0.29, 0.717) is 5.69 Å². The Labute approximate surface area is 85.7 Å². The Balaban J connectivity index is 2.93. The molecule has 82 valence electrons. The van der Waals surface area contributed by atoms with Gasteiger partial charge in [0.2, 0.25) is 0 Å². The van der Waals surface area contributed by atoms with Crippen molar-refractivity contribution in [2.45, 2.75) is 6.67 Å². The number of halogens is 1. The summed E-state index contributed by atoms with van der Waals surface area (Å²) in [7, 11) is 0. The van der Waals surface area contributed by atoms with Crippen LogP contribution in [0.15, 0.2) is 18.2 Å². The number of anilines is 1. The summed E-state index contributed by atoms with van der Waals surface area (Å²) in [4.78, 5) is 9.84. The SMILES string of the molecule is O=[N+]([O-])c1ccc(NCCO)c(CF)c1. The zero-order chi connectivity index (χ0) is 11.3. The van der Waals surface area contributed by atoms with E-state index in [9.17, 15) is 14.5 Å². The minimum absolute atomic E-state index is 0.0806. The van der Waals surface area contributed by atoms with E-state index in [0.717, 1.165) is 0 Å². The summed E-state index contributed by atoms with van der Waals surface area (Å²) in [6, 6.07) is 3.90. The molecule has 5 nitrogen and oxygen atoms in total. The lowest BCUT2D eigenvalue weighted by Crippen LogP contribution is -2.07. The Hall–Kier alpha value is -1.69.